The van der Waals surface area contributed by atoms with E-state index >= 15 is 0 Å². The van der Waals surface area contributed by atoms with Crippen LogP contribution in [0.1, 0.15) is 17.2 Å². The monoisotopic (exact) mass is 309 g/mol. The summed E-state index contributed by atoms with van der Waals surface area (Å²) in [5.74, 6) is 0.334. The molecule has 2 aromatic carbocycles. The molecule has 0 aliphatic heterocycles. The summed E-state index contributed by atoms with van der Waals surface area (Å²) in [6.45, 7) is 0. The van der Waals surface area contributed by atoms with Crippen LogP contribution in [0.15, 0.2) is 46.9 Å². The van der Waals surface area contributed by atoms with Crippen LogP contribution in [0.5, 0.6) is 5.75 Å². The molecule has 0 spiro atoms. The fraction of sp³-hybridized carbons (Fsp3) is 0.143. The third-order valence-electron chi connectivity index (χ3n) is 2.77. The first-order valence-corrected chi connectivity index (χ1v) is 6.26. The van der Waals surface area contributed by atoms with E-state index < -0.39 is 6.04 Å². The van der Waals surface area contributed by atoms with E-state index in [0.717, 1.165) is 10.0 Å². The van der Waals surface area contributed by atoms with Crippen molar-refractivity contribution < 1.29 is 9.13 Å². The Labute approximate surface area is 114 Å². The standard InChI is InChI=1S/C14H13BrFNO/c1-18-13-7-6-9(15)8-11(13)14(17)10-4-2-3-5-12(10)16/h2-8,14H,17H2,1H3. The predicted molar refractivity (Wildman–Crippen MR) is 73.1 cm³/mol. The van der Waals surface area contributed by atoms with Gasteiger partial charge < -0.3 is 10.5 Å². The summed E-state index contributed by atoms with van der Waals surface area (Å²) >= 11 is 3.38. The third kappa shape index (κ3) is 2.54. The van der Waals surface area contributed by atoms with Crippen LogP contribution in [0.4, 0.5) is 4.39 Å². The third-order valence-corrected chi connectivity index (χ3v) is 3.26. The number of benzene rings is 2. The Morgan fingerprint density at radius 2 is 1.89 bits per heavy atom. The molecule has 2 nitrogen and oxygen atoms in total. The molecule has 0 heterocycles. The van der Waals surface area contributed by atoms with Crippen molar-refractivity contribution in [2.24, 2.45) is 5.73 Å². The summed E-state index contributed by atoms with van der Waals surface area (Å²) in [7, 11) is 1.57. The smallest absolute Gasteiger partial charge is 0.128 e. The quantitative estimate of drug-likeness (QED) is 0.939. The van der Waals surface area contributed by atoms with Gasteiger partial charge in [-0.25, -0.2) is 4.39 Å². The number of hydrogen-bond acceptors (Lipinski definition) is 2. The van der Waals surface area contributed by atoms with Crippen molar-refractivity contribution in [2.45, 2.75) is 6.04 Å². The number of rotatable bonds is 3. The van der Waals surface area contributed by atoms with Gasteiger partial charge in [-0.3, -0.25) is 0 Å². The fourth-order valence-corrected chi connectivity index (χ4v) is 2.22. The Kier molecular flexibility index (Phi) is 3.99. The van der Waals surface area contributed by atoms with E-state index in [4.69, 9.17) is 10.5 Å². The van der Waals surface area contributed by atoms with Gasteiger partial charge in [0, 0.05) is 15.6 Å². The molecule has 0 saturated carbocycles. The Hall–Kier alpha value is -1.39. The van der Waals surface area contributed by atoms with Crippen LogP contribution in [0.2, 0.25) is 0 Å². The summed E-state index contributed by atoms with van der Waals surface area (Å²) in [5.41, 5.74) is 7.32. The molecule has 1 unspecified atom stereocenters. The molecule has 0 aliphatic rings. The lowest BCUT2D eigenvalue weighted by atomic mass is 9.98. The Morgan fingerprint density at radius 3 is 2.56 bits per heavy atom. The van der Waals surface area contributed by atoms with Crippen LogP contribution >= 0.6 is 15.9 Å². The van der Waals surface area contributed by atoms with E-state index in [-0.39, 0.29) is 5.82 Å². The van der Waals surface area contributed by atoms with E-state index in [0.29, 0.717) is 11.3 Å². The minimum absolute atomic E-state index is 0.313. The molecule has 0 bridgehead atoms. The van der Waals surface area contributed by atoms with Crippen molar-refractivity contribution in [3.63, 3.8) is 0 Å². The minimum Gasteiger partial charge on any atom is -0.496 e. The van der Waals surface area contributed by atoms with E-state index in [1.165, 1.54) is 6.07 Å². The van der Waals surface area contributed by atoms with Gasteiger partial charge in [-0.05, 0) is 24.3 Å². The Balaban J connectivity index is 2.48. The Morgan fingerprint density at radius 1 is 1.17 bits per heavy atom. The average molecular weight is 310 g/mol. The summed E-state index contributed by atoms with van der Waals surface area (Å²) in [4.78, 5) is 0. The molecule has 0 aromatic heterocycles. The van der Waals surface area contributed by atoms with Crippen LogP contribution in [-0.2, 0) is 0 Å². The van der Waals surface area contributed by atoms with Crippen LogP contribution in [0, 0.1) is 5.82 Å². The number of halogens is 2. The molecule has 0 amide bonds. The van der Waals surface area contributed by atoms with E-state index in [1.54, 1.807) is 31.4 Å². The summed E-state index contributed by atoms with van der Waals surface area (Å²) < 4.78 is 19.9. The molecule has 2 rings (SSSR count). The zero-order valence-corrected chi connectivity index (χ0v) is 11.4. The second-order valence-electron chi connectivity index (χ2n) is 3.89. The summed E-state index contributed by atoms with van der Waals surface area (Å²) in [5, 5.41) is 0. The molecule has 94 valence electrons. The summed E-state index contributed by atoms with van der Waals surface area (Å²) in [6, 6.07) is 11.4. The molecule has 0 fully saturated rings. The second kappa shape index (κ2) is 5.50. The topological polar surface area (TPSA) is 35.2 Å². The maximum Gasteiger partial charge on any atom is 0.128 e. The van der Waals surface area contributed by atoms with E-state index in [1.807, 2.05) is 12.1 Å². The van der Waals surface area contributed by atoms with Crippen molar-refractivity contribution in [1.29, 1.82) is 0 Å². The molecule has 18 heavy (non-hydrogen) atoms. The van der Waals surface area contributed by atoms with Gasteiger partial charge in [-0.2, -0.15) is 0 Å². The van der Waals surface area contributed by atoms with Gasteiger partial charge in [-0.15, -0.1) is 0 Å². The number of methoxy groups -OCH3 is 1. The molecule has 4 heteroatoms. The van der Waals surface area contributed by atoms with Gasteiger partial charge in [0.25, 0.3) is 0 Å². The largest absolute Gasteiger partial charge is 0.496 e. The number of hydrogen-bond donors (Lipinski definition) is 1. The van der Waals surface area contributed by atoms with Gasteiger partial charge in [-0.1, -0.05) is 34.1 Å². The van der Waals surface area contributed by atoms with Crippen molar-refractivity contribution in [3.8, 4) is 5.75 Å². The fourth-order valence-electron chi connectivity index (χ4n) is 1.84. The van der Waals surface area contributed by atoms with Gasteiger partial charge in [0.05, 0.1) is 13.2 Å². The maximum absolute atomic E-state index is 13.7. The lowest BCUT2D eigenvalue weighted by Gasteiger charge is -2.17. The van der Waals surface area contributed by atoms with Crippen LogP contribution in [0.25, 0.3) is 0 Å². The first-order valence-electron chi connectivity index (χ1n) is 5.47. The lowest BCUT2D eigenvalue weighted by Crippen LogP contribution is -2.14. The van der Waals surface area contributed by atoms with Gasteiger partial charge in [0.2, 0.25) is 0 Å². The molecule has 2 N–H and O–H groups in total. The molecule has 1 atom stereocenters. The lowest BCUT2D eigenvalue weighted by molar-refractivity contribution is 0.407. The highest BCUT2D eigenvalue weighted by Gasteiger charge is 2.17. The molecule has 0 radical (unpaired) electrons. The molecular weight excluding hydrogens is 297 g/mol. The zero-order valence-electron chi connectivity index (χ0n) is 9.86. The first-order chi connectivity index (χ1) is 8.63. The van der Waals surface area contributed by atoms with E-state index in [9.17, 15) is 4.39 Å². The highest BCUT2D eigenvalue weighted by molar-refractivity contribution is 9.10. The zero-order chi connectivity index (χ0) is 13.1. The van der Waals surface area contributed by atoms with Crippen LogP contribution < -0.4 is 10.5 Å². The summed E-state index contributed by atoms with van der Waals surface area (Å²) in [6.07, 6.45) is 0. The SMILES string of the molecule is COc1ccc(Br)cc1C(N)c1ccccc1F. The normalized spacial score (nSPS) is 12.2. The second-order valence-corrected chi connectivity index (χ2v) is 4.80. The van der Waals surface area contributed by atoms with Crippen molar-refractivity contribution >= 4 is 15.9 Å². The minimum atomic E-state index is -0.557. The molecule has 0 saturated heterocycles. The number of nitrogens with two attached hydrogens (primary N) is 1. The van der Waals surface area contributed by atoms with Crippen molar-refractivity contribution in [1.82, 2.24) is 0 Å². The van der Waals surface area contributed by atoms with Crippen molar-refractivity contribution in [2.75, 3.05) is 7.11 Å². The highest BCUT2D eigenvalue weighted by Crippen LogP contribution is 2.31. The van der Waals surface area contributed by atoms with Gasteiger partial charge >= 0.3 is 0 Å². The number of ether oxygens (including phenoxy) is 1. The van der Waals surface area contributed by atoms with Gasteiger partial charge in [0.1, 0.15) is 11.6 Å². The molecule has 0 aliphatic carbocycles. The average Bonchev–Trinajstić information content (AvgIpc) is 2.38. The van der Waals surface area contributed by atoms with Gasteiger partial charge in [0.15, 0.2) is 0 Å². The maximum atomic E-state index is 13.7. The van der Waals surface area contributed by atoms with Crippen LogP contribution in [-0.4, -0.2) is 7.11 Å². The first kappa shape index (κ1) is 13.1. The van der Waals surface area contributed by atoms with E-state index in [2.05, 4.69) is 15.9 Å². The molecular formula is C14H13BrFNO. The predicted octanol–water partition coefficient (Wildman–Crippen LogP) is 3.64. The van der Waals surface area contributed by atoms with Crippen molar-refractivity contribution in [3.05, 3.63) is 63.9 Å². The molecule has 2 aromatic rings. The Bertz CT molecular complexity index is 559. The van der Waals surface area contributed by atoms with Crippen LogP contribution in [0.3, 0.4) is 0 Å². The highest BCUT2D eigenvalue weighted by atomic mass is 79.9.